The van der Waals surface area contributed by atoms with Crippen LogP contribution >= 0.6 is 35.0 Å². The number of benzene rings is 2. The maximum atomic E-state index is 12.2. The largest absolute Gasteiger partial charge is 0.345 e. The van der Waals surface area contributed by atoms with Gasteiger partial charge >= 0.3 is 0 Å². The average molecular weight is 382 g/mol. The number of carbonyl (C=O) groups excluding carboxylic acids is 2. The summed E-state index contributed by atoms with van der Waals surface area (Å²) < 4.78 is 0. The van der Waals surface area contributed by atoms with Gasteiger partial charge in [0.1, 0.15) is 0 Å². The van der Waals surface area contributed by atoms with Crippen molar-refractivity contribution in [3.8, 4) is 0 Å². The van der Waals surface area contributed by atoms with E-state index >= 15 is 0 Å². The summed E-state index contributed by atoms with van der Waals surface area (Å²) in [6.45, 7) is 1.48. The molecule has 1 atom stereocenters. The van der Waals surface area contributed by atoms with Gasteiger partial charge in [-0.1, -0.05) is 59.6 Å². The lowest BCUT2D eigenvalue weighted by Gasteiger charge is -2.16. The summed E-state index contributed by atoms with van der Waals surface area (Å²) in [7, 11) is 0. The van der Waals surface area contributed by atoms with Gasteiger partial charge < -0.3 is 5.32 Å². The fraction of sp³-hybridized carbons (Fsp3) is 0.222. The van der Waals surface area contributed by atoms with Crippen LogP contribution in [0.4, 0.5) is 0 Å². The minimum absolute atomic E-state index is 0.0759. The predicted octanol–water partition coefficient (Wildman–Crippen LogP) is 4.40. The zero-order valence-electron chi connectivity index (χ0n) is 13.1. The van der Waals surface area contributed by atoms with Crippen LogP contribution in [0.1, 0.15) is 12.5 Å². The van der Waals surface area contributed by atoms with E-state index < -0.39 is 6.04 Å². The molecular formula is C18H17Cl2NO2S. The number of ketones is 1. The van der Waals surface area contributed by atoms with Crippen LogP contribution in [0.25, 0.3) is 0 Å². The molecule has 0 radical (unpaired) electrons. The molecule has 0 aliphatic heterocycles. The Morgan fingerprint density at radius 2 is 1.67 bits per heavy atom. The molecule has 2 aromatic rings. The number of carbonyl (C=O) groups is 2. The van der Waals surface area contributed by atoms with Gasteiger partial charge in [0.05, 0.1) is 21.8 Å². The normalized spacial score (nSPS) is 11.8. The van der Waals surface area contributed by atoms with Crippen LogP contribution in [-0.2, 0) is 16.0 Å². The number of halogens is 2. The zero-order chi connectivity index (χ0) is 17.5. The van der Waals surface area contributed by atoms with Gasteiger partial charge in [0, 0.05) is 4.90 Å². The maximum Gasteiger partial charge on any atom is 0.230 e. The molecule has 6 heteroatoms. The molecular weight excluding hydrogens is 365 g/mol. The van der Waals surface area contributed by atoms with E-state index in [0.717, 1.165) is 5.56 Å². The quantitative estimate of drug-likeness (QED) is 0.722. The van der Waals surface area contributed by atoms with E-state index in [9.17, 15) is 9.59 Å². The summed E-state index contributed by atoms with van der Waals surface area (Å²) in [5, 5.41) is 3.79. The molecule has 1 amide bonds. The van der Waals surface area contributed by atoms with Gasteiger partial charge in [0.15, 0.2) is 5.78 Å². The molecule has 2 rings (SSSR count). The maximum absolute atomic E-state index is 12.2. The minimum Gasteiger partial charge on any atom is -0.345 e. The van der Waals surface area contributed by atoms with Crippen molar-refractivity contribution in [1.29, 1.82) is 0 Å². The number of hydrogen-bond acceptors (Lipinski definition) is 3. The third-order valence-electron chi connectivity index (χ3n) is 3.38. The highest BCUT2D eigenvalue weighted by Crippen LogP contribution is 2.33. The van der Waals surface area contributed by atoms with E-state index in [1.807, 2.05) is 30.3 Å². The van der Waals surface area contributed by atoms with Crippen LogP contribution in [0, 0.1) is 0 Å². The summed E-state index contributed by atoms with van der Waals surface area (Å²) in [6, 6.07) is 14.2. The fourth-order valence-electron chi connectivity index (χ4n) is 2.14. The molecule has 2 aromatic carbocycles. The first-order valence-electron chi connectivity index (χ1n) is 7.38. The van der Waals surface area contributed by atoms with Crippen molar-refractivity contribution in [1.82, 2.24) is 5.32 Å². The number of amides is 1. The van der Waals surface area contributed by atoms with E-state index in [4.69, 9.17) is 23.2 Å². The van der Waals surface area contributed by atoms with Gasteiger partial charge in [0.2, 0.25) is 5.91 Å². The highest BCUT2D eigenvalue weighted by Gasteiger charge is 2.18. The zero-order valence-corrected chi connectivity index (χ0v) is 15.4. The molecule has 126 valence electrons. The van der Waals surface area contributed by atoms with Crippen molar-refractivity contribution < 1.29 is 9.59 Å². The third-order valence-corrected chi connectivity index (χ3v) is 5.36. The lowest BCUT2D eigenvalue weighted by atomic mass is 10.0. The Kier molecular flexibility index (Phi) is 7.16. The number of hydrogen-bond donors (Lipinski definition) is 1. The van der Waals surface area contributed by atoms with E-state index in [1.54, 1.807) is 18.2 Å². The van der Waals surface area contributed by atoms with Crippen molar-refractivity contribution in [3.63, 3.8) is 0 Å². The first-order chi connectivity index (χ1) is 11.5. The number of rotatable bonds is 7. The number of Topliss-reactive ketones (excluding diaryl/α,β-unsaturated/α-hetero) is 1. The van der Waals surface area contributed by atoms with Gasteiger partial charge in [-0.15, -0.1) is 11.8 Å². The molecule has 0 spiro atoms. The molecule has 0 aliphatic rings. The summed E-state index contributed by atoms with van der Waals surface area (Å²) in [5.41, 5.74) is 1.000. The third kappa shape index (κ3) is 5.55. The lowest BCUT2D eigenvalue weighted by Crippen LogP contribution is -2.42. The molecule has 0 unspecified atom stereocenters. The van der Waals surface area contributed by atoms with Crippen LogP contribution in [-0.4, -0.2) is 23.5 Å². The van der Waals surface area contributed by atoms with Gasteiger partial charge in [-0.2, -0.15) is 0 Å². The van der Waals surface area contributed by atoms with E-state index in [1.165, 1.54) is 18.7 Å². The minimum atomic E-state index is -0.540. The smallest absolute Gasteiger partial charge is 0.230 e. The highest BCUT2D eigenvalue weighted by molar-refractivity contribution is 8.00. The molecule has 0 saturated heterocycles. The van der Waals surface area contributed by atoms with Crippen LogP contribution in [0.2, 0.25) is 10.0 Å². The molecule has 1 N–H and O–H groups in total. The van der Waals surface area contributed by atoms with Crippen molar-refractivity contribution in [3.05, 3.63) is 64.1 Å². The number of thioether (sulfide) groups is 1. The monoisotopic (exact) mass is 381 g/mol. The Bertz CT molecular complexity index is 702. The lowest BCUT2D eigenvalue weighted by molar-refractivity contribution is -0.125. The second-order valence-corrected chi connectivity index (χ2v) is 7.06. The Labute approximate surface area is 155 Å². The predicted molar refractivity (Wildman–Crippen MR) is 99.9 cm³/mol. The van der Waals surface area contributed by atoms with Crippen LogP contribution in [0.15, 0.2) is 53.4 Å². The molecule has 24 heavy (non-hydrogen) atoms. The second kappa shape index (κ2) is 9.11. The molecule has 0 saturated carbocycles. The standard InChI is InChI=1S/C18H17Cl2NO2S/c1-12(22)16(10-13-6-3-2-4-7-13)21-17(23)11-24-18-14(19)8-5-9-15(18)20/h2-9,16H,10-11H2,1H3,(H,21,23)/t16-/m1/s1. The van der Waals surface area contributed by atoms with Crippen molar-refractivity contribution in [2.24, 2.45) is 0 Å². The summed E-state index contributed by atoms with van der Waals surface area (Å²) in [5.74, 6) is -0.165. The topological polar surface area (TPSA) is 46.2 Å². The van der Waals surface area contributed by atoms with E-state index in [2.05, 4.69) is 5.32 Å². The number of nitrogens with one attached hydrogen (secondary N) is 1. The molecule has 0 aliphatic carbocycles. The fourth-order valence-corrected chi connectivity index (χ4v) is 3.64. The van der Waals surface area contributed by atoms with Crippen LogP contribution in [0.3, 0.4) is 0 Å². The van der Waals surface area contributed by atoms with Gasteiger partial charge in [-0.05, 0) is 31.0 Å². The molecule has 3 nitrogen and oxygen atoms in total. The van der Waals surface area contributed by atoms with Gasteiger partial charge in [-0.3, -0.25) is 9.59 Å². The second-order valence-electron chi connectivity index (χ2n) is 5.26. The van der Waals surface area contributed by atoms with Crippen LogP contribution < -0.4 is 5.32 Å². The molecule has 0 fully saturated rings. The SMILES string of the molecule is CC(=O)[C@@H](Cc1ccccc1)NC(=O)CSc1c(Cl)cccc1Cl. The summed E-state index contributed by atoms with van der Waals surface area (Å²) in [4.78, 5) is 24.6. The Hall–Kier alpha value is -1.49. The Morgan fingerprint density at radius 1 is 1.04 bits per heavy atom. The average Bonchev–Trinajstić information content (AvgIpc) is 2.54. The molecule has 0 aromatic heterocycles. The summed E-state index contributed by atoms with van der Waals surface area (Å²) in [6.07, 6.45) is 0.472. The Balaban J connectivity index is 1.95. The van der Waals surface area contributed by atoms with Crippen molar-refractivity contribution in [2.45, 2.75) is 24.3 Å². The van der Waals surface area contributed by atoms with E-state index in [0.29, 0.717) is 21.4 Å². The molecule has 0 bridgehead atoms. The van der Waals surface area contributed by atoms with Crippen LogP contribution in [0.5, 0.6) is 0 Å². The Morgan fingerprint density at radius 3 is 2.25 bits per heavy atom. The molecule has 0 heterocycles. The first kappa shape index (κ1) is 18.8. The summed E-state index contributed by atoms with van der Waals surface area (Å²) >= 11 is 13.4. The first-order valence-corrected chi connectivity index (χ1v) is 9.12. The highest BCUT2D eigenvalue weighted by atomic mass is 35.5. The van der Waals surface area contributed by atoms with Gasteiger partial charge in [0.25, 0.3) is 0 Å². The van der Waals surface area contributed by atoms with Crippen molar-refractivity contribution >= 4 is 46.7 Å². The van der Waals surface area contributed by atoms with E-state index in [-0.39, 0.29) is 17.4 Å². The van der Waals surface area contributed by atoms with Gasteiger partial charge in [-0.25, -0.2) is 0 Å². The van der Waals surface area contributed by atoms with Crippen molar-refractivity contribution in [2.75, 3.05) is 5.75 Å².